The van der Waals surface area contributed by atoms with Crippen LogP contribution in [0.2, 0.25) is 0 Å². The normalized spacial score (nSPS) is 5.33. The van der Waals surface area contributed by atoms with E-state index in [9.17, 15) is 0 Å². The van der Waals surface area contributed by atoms with E-state index in [0.717, 1.165) is 0 Å². The smallest absolute Gasteiger partial charge is 0.0689 e. The van der Waals surface area contributed by atoms with Gasteiger partial charge in [-0.25, -0.2) is 0 Å². The van der Waals surface area contributed by atoms with Gasteiger partial charge in [0.2, 0.25) is 0 Å². The van der Waals surface area contributed by atoms with Gasteiger partial charge in [0.25, 0.3) is 0 Å². The van der Waals surface area contributed by atoms with Gasteiger partial charge in [0.1, 0.15) is 0 Å². The molecule has 0 amide bonds. The van der Waals surface area contributed by atoms with Gasteiger partial charge in [-0.2, -0.15) is 0 Å². The van der Waals surface area contributed by atoms with E-state index in [1.165, 1.54) is 0 Å². The summed E-state index contributed by atoms with van der Waals surface area (Å²) in [5, 5.41) is 29.5. The maximum Gasteiger partial charge on any atom is 0.0689 e. The molecule has 55 valence electrons. The summed E-state index contributed by atoms with van der Waals surface area (Å²) in [5.41, 5.74) is 0. The zero-order valence-electron chi connectivity index (χ0n) is 3.72. The van der Waals surface area contributed by atoms with Gasteiger partial charge in [-0.1, -0.05) is 0 Å². The maximum atomic E-state index is 8.25. The summed E-state index contributed by atoms with van der Waals surface area (Å²) in [6.45, 7) is 0. The molecule has 0 aromatic heterocycles. The first-order valence-corrected chi connectivity index (χ1v) is 1.10. The summed E-state index contributed by atoms with van der Waals surface area (Å²) >= 11 is 0. The van der Waals surface area contributed by atoms with Gasteiger partial charge in [0.15, 0.2) is 0 Å². The van der Waals surface area contributed by atoms with E-state index >= 15 is 0 Å². The van der Waals surface area contributed by atoms with Crippen LogP contribution in [0, 0.1) is 30.6 Å². The molecule has 1 radical (unpaired) electrons. The monoisotopic (exact) mass is 179 g/mol. The van der Waals surface area contributed by atoms with Gasteiger partial charge in [0.05, 0.1) is 10.2 Å². The Labute approximate surface area is 58.8 Å². The first kappa shape index (κ1) is 15.7. The summed E-state index contributed by atoms with van der Waals surface area (Å²) < 4.78 is 0. The minimum Gasteiger partial charge on any atom is -0.356 e. The molecule has 9 heteroatoms. The van der Waals surface area contributed by atoms with Crippen LogP contribution in [0.15, 0.2) is 0 Å². The molecule has 0 spiro atoms. The molecule has 0 bridgehead atoms. The number of hydrogen-bond donors (Lipinski definition) is 0. The molecule has 0 atom stereocenters. The number of hydrogen-bond acceptors (Lipinski definition) is 6. The molecular formula is MnN2O6-2. The summed E-state index contributed by atoms with van der Waals surface area (Å²) in [6.07, 6.45) is 0. The first-order chi connectivity index (χ1) is 3.46. The Kier molecular flexibility index (Phi) is 17.4. The quantitative estimate of drug-likeness (QED) is 0.280. The van der Waals surface area contributed by atoms with Gasteiger partial charge in [-0.3, -0.25) is 0 Å². The molecule has 0 aliphatic heterocycles. The van der Waals surface area contributed by atoms with Crippen molar-refractivity contribution in [1.82, 2.24) is 0 Å². The van der Waals surface area contributed by atoms with E-state index in [4.69, 9.17) is 30.6 Å². The Balaban J connectivity index is -0.0000000720. The van der Waals surface area contributed by atoms with E-state index < -0.39 is 10.2 Å². The van der Waals surface area contributed by atoms with Crippen molar-refractivity contribution in [1.29, 1.82) is 0 Å². The van der Waals surface area contributed by atoms with E-state index in [-0.39, 0.29) is 17.1 Å². The van der Waals surface area contributed by atoms with Crippen LogP contribution < -0.4 is 0 Å². The molecule has 0 saturated heterocycles. The molecule has 0 aromatic carbocycles. The van der Waals surface area contributed by atoms with Crippen LogP contribution in [0.5, 0.6) is 0 Å². The van der Waals surface area contributed by atoms with Crippen molar-refractivity contribution in [3.05, 3.63) is 30.6 Å². The zero-order valence-corrected chi connectivity index (χ0v) is 4.90. The second-order valence-electron chi connectivity index (χ2n) is 0.447. The van der Waals surface area contributed by atoms with Crippen LogP contribution >= 0.6 is 0 Å². The van der Waals surface area contributed by atoms with E-state index in [1.54, 1.807) is 0 Å². The molecule has 0 rings (SSSR count). The molecule has 8 nitrogen and oxygen atoms in total. The van der Waals surface area contributed by atoms with Crippen molar-refractivity contribution in [3.8, 4) is 0 Å². The van der Waals surface area contributed by atoms with Crippen LogP contribution in [-0.2, 0) is 17.1 Å². The van der Waals surface area contributed by atoms with Crippen molar-refractivity contribution < 1.29 is 27.2 Å². The van der Waals surface area contributed by atoms with Gasteiger partial charge in [0, 0.05) is 17.1 Å². The van der Waals surface area contributed by atoms with Crippen LogP contribution in [0.1, 0.15) is 0 Å². The summed E-state index contributed by atoms with van der Waals surface area (Å²) in [7, 11) is 0. The summed E-state index contributed by atoms with van der Waals surface area (Å²) in [6, 6.07) is 0. The molecule has 9 heavy (non-hydrogen) atoms. The van der Waals surface area contributed by atoms with Gasteiger partial charge in [-0.05, 0) is 0 Å². The predicted octanol–water partition coefficient (Wildman–Crippen LogP) is -0.481. The average molecular weight is 179 g/mol. The van der Waals surface area contributed by atoms with E-state index in [0.29, 0.717) is 0 Å². The molecule has 0 unspecified atom stereocenters. The molecule has 0 aliphatic rings. The summed E-state index contributed by atoms with van der Waals surface area (Å²) in [4.78, 5) is 16.5. The largest absolute Gasteiger partial charge is 0.356 e. The fraction of sp³-hybridized carbons (Fsp3) is 0. The van der Waals surface area contributed by atoms with Crippen molar-refractivity contribution in [3.63, 3.8) is 0 Å². The third kappa shape index (κ3) is 143. The van der Waals surface area contributed by atoms with E-state index in [2.05, 4.69) is 0 Å². The first-order valence-electron chi connectivity index (χ1n) is 1.10. The molecule has 0 saturated carbocycles. The van der Waals surface area contributed by atoms with Crippen molar-refractivity contribution in [2.24, 2.45) is 0 Å². The SMILES string of the molecule is O=[N+]([O-])[O-].O=[N+]([O-])[O-].[Mn]. The molecule has 0 aliphatic carbocycles. The molecule has 0 N–H and O–H groups in total. The maximum absolute atomic E-state index is 8.25. The van der Waals surface area contributed by atoms with Gasteiger partial charge in [-0.15, -0.1) is 0 Å². The molecule has 0 heterocycles. The van der Waals surface area contributed by atoms with Gasteiger partial charge < -0.3 is 30.6 Å². The standard InChI is InChI=1S/Mn.2NO3/c;2*2-1(3)4/q;2*-1. The van der Waals surface area contributed by atoms with Crippen molar-refractivity contribution in [2.45, 2.75) is 0 Å². The second kappa shape index (κ2) is 10.0. The van der Waals surface area contributed by atoms with Crippen molar-refractivity contribution >= 4 is 0 Å². The van der Waals surface area contributed by atoms with Crippen LogP contribution in [0.25, 0.3) is 0 Å². The van der Waals surface area contributed by atoms with Crippen LogP contribution in [0.4, 0.5) is 0 Å². The fourth-order valence-corrected chi connectivity index (χ4v) is 0. The van der Waals surface area contributed by atoms with Crippen LogP contribution in [0.3, 0.4) is 0 Å². The molecule has 0 fully saturated rings. The Morgan fingerprint density at radius 2 is 0.778 bits per heavy atom. The third-order valence-corrected chi connectivity index (χ3v) is 0. The Hall–Kier alpha value is -1.08. The minimum atomic E-state index is -1.75. The number of nitrogens with zero attached hydrogens (tertiary/aromatic N) is 2. The number of rotatable bonds is 0. The average Bonchev–Trinajstić information content (AvgIpc) is 1.25. The Morgan fingerprint density at radius 1 is 0.778 bits per heavy atom. The Bertz CT molecular complexity index is 69.1. The summed E-state index contributed by atoms with van der Waals surface area (Å²) in [5.74, 6) is 0. The van der Waals surface area contributed by atoms with E-state index in [1.807, 2.05) is 0 Å². The minimum absolute atomic E-state index is 0. The molecule has 0 aromatic rings. The second-order valence-corrected chi connectivity index (χ2v) is 0.447. The van der Waals surface area contributed by atoms with Crippen molar-refractivity contribution in [2.75, 3.05) is 0 Å². The Morgan fingerprint density at radius 3 is 0.778 bits per heavy atom. The van der Waals surface area contributed by atoms with Gasteiger partial charge >= 0.3 is 0 Å². The fourth-order valence-electron chi connectivity index (χ4n) is 0. The van der Waals surface area contributed by atoms with Crippen LogP contribution in [-0.4, -0.2) is 10.2 Å². The zero-order chi connectivity index (χ0) is 7.15. The third-order valence-electron chi connectivity index (χ3n) is 0. The molecular weight excluding hydrogens is 179 g/mol. The topological polar surface area (TPSA) is 132 Å². The predicted molar refractivity (Wildman–Crippen MR) is 20.7 cm³/mol.